The van der Waals surface area contributed by atoms with Crippen molar-refractivity contribution in [1.29, 1.82) is 0 Å². The van der Waals surface area contributed by atoms with E-state index in [1.807, 2.05) is 6.92 Å². The number of nitrogens with two attached hydrogens (primary N) is 1. The molecule has 0 heterocycles. The lowest BCUT2D eigenvalue weighted by atomic mass is 10.2. The highest BCUT2D eigenvalue weighted by Gasteiger charge is 2.18. The molecule has 3 N–H and O–H groups in total. The summed E-state index contributed by atoms with van der Waals surface area (Å²) in [5.74, 6) is 0.724. The number of ether oxygens (including phenoxy) is 1. The molecule has 2 aromatic rings. The summed E-state index contributed by atoms with van der Waals surface area (Å²) < 4.78 is 27.9. The van der Waals surface area contributed by atoms with Gasteiger partial charge >= 0.3 is 0 Å². The molecule has 0 fully saturated rings. The van der Waals surface area contributed by atoms with E-state index in [4.69, 9.17) is 9.88 Å². The molecule has 9 nitrogen and oxygen atoms in total. The van der Waals surface area contributed by atoms with Crippen LogP contribution in [0.2, 0.25) is 0 Å². The average molecular weight is 364 g/mol. The van der Waals surface area contributed by atoms with Crippen molar-refractivity contribution in [1.82, 2.24) is 0 Å². The zero-order chi connectivity index (χ0) is 18.4. The van der Waals surface area contributed by atoms with E-state index in [1.165, 1.54) is 12.3 Å². The molecule has 0 aliphatic carbocycles. The Morgan fingerprint density at radius 2 is 1.96 bits per heavy atom. The largest absolute Gasteiger partial charge is 0.494 e. The smallest absolute Gasteiger partial charge is 0.295 e. The van der Waals surface area contributed by atoms with Gasteiger partial charge in [-0.25, -0.2) is 13.6 Å². The van der Waals surface area contributed by atoms with Crippen LogP contribution in [0.25, 0.3) is 0 Å². The monoisotopic (exact) mass is 364 g/mol. The van der Waals surface area contributed by atoms with E-state index in [0.717, 1.165) is 23.4 Å². The van der Waals surface area contributed by atoms with Crippen molar-refractivity contribution in [3.8, 4) is 5.75 Å². The van der Waals surface area contributed by atoms with E-state index in [0.29, 0.717) is 6.61 Å². The Balaban J connectivity index is 2.18. The number of hydrogen-bond acceptors (Lipinski definition) is 7. The Labute approximate surface area is 144 Å². The van der Waals surface area contributed by atoms with Gasteiger partial charge in [-0.2, -0.15) is 5.10 Å². The van der Waals surface area contributed by atoms with E-state index < -0.39 is 20.6 Å². The topological polar surface area (TPSA) is 137 Å². The third-order valence-corrected chi connectivity index (χ3v) is 4.00. The Morgan fingerprint density at radius 3 is 2.52 bits per heavy atom. The first-order valence-corrected chi connectivity index (χ1v) is 8.69. The van der Waals surface area contributed by atoms with Gasteiger partial charge in [-0.05, 0) is 48.9 Å². The minimum Gasteiger partial charge on any atom is -0.494 e. The summed E-state index contributed by atoms with van der Waals surface area (Å²) in [5.41, 5.74) is 2.86. The molecule has 2 rings (SSSR count). The SMILES string of the molecule is CCOc1ccc(/C=N\Nc2ccc(S(N)(=O)=O)cc2[N+](=O)[O-])cc1. The summed E-state index contributed by atoms with van der Waals surface area (Å²) in [6.07, 6.45) is 1.47. The van der Waals surface area contributed by atoms with E-state index >= 15 is 0 Å². The number of sulfonamides is 1. The molecule has 0 aliphatic heterocycles. The highest BCUT2D eigenvalue weighted by molar-refractivity contribution is 7.89. The third-order valence-electron chi connectivity index (χ3n) is 3.08. The average Bonchev–Trinajstić information content (AvgIpc) is 2.56. The van der Waals surface area contributed by atoms with Crippen LogP contribution in [0, 0.1) is 10.1 Å². The van der Waals surface area contributed by atoms with Crippen molar-refractivity contribution in [2.45, 2.75) is 11.8 Å². The second kappa shape index (κ2) is 7.73. The Kier molecular flexibility index (Phi) is 5.67. The van der Waals surface area contributed by atoms with Crippen LogP contribution in [0.15, 0.2) is 52.5 Å². The maximum atomic E-state index is 11.3. The number of primary sulfonamides is 1. The quantitative estimate of drug-likeness (QED) is 0.438. The van der Waals surface area contributed by atoms with Crippen molar-refractivity contribution in [3.63, 3.8) is 0 Å². The van der Waals surface area contributed by atoms with Gasteiger partial charge in [0.05, 0.1) is 22.6 Å². The Morgan fingerprint density at radius 1 is 1.28 bits per heavy atom. The van der Waals surface area contributed by atoms with Gasteiger partial charge in [0, 0.05) is 6.07 Å². The number of nitrogens with zero attached hydrogens (tertiary/aromatic N) is 2. The lowest BCUT2D eigenvalue weighted by Gasteiger charge is -2.04. The van der Waals surface area contributed by atoms with Crippen LogP contribution >= 0.6 is 0 Å². The number of hydrogen-bond donors (Lipinski definition) is 2. The number of nitrogens with one attached hydrogen (secondary N) is 1. The zero-order valence-electron chi connectivity index (χ0n) is 13.2. The molecule has 0 saturated heterocycles. The van der Waals surface area contributed by atoms with Crippen molar-refractivity contribution in [2.75, 3.05) is 12.0 Å². The summed E-state index contributed by atoms with van der Waals surface area (Å²) >= 11 is 0. The Bertz CT molecular complexity index is 895. The van der Waals surface area contributed by atoms with Crippen LogP contribution in [-0.4, -0.2) is 26.2 Å². The first kappa shape index (κ1) is 18.4. The van der Waals surface area contributed by atoms with Crippen molar-refractivity contribution >= 4 is 27.6 Å². The third kappa shape index (κ3) is 4.99. The minimum absolute atomic E-state index is 0.0413. The predicted molar refractivity (Wildman–Crippen MR) is 93.3 cm³/mol. The first-order valence-electron chi connectivity index (χ1n) is 7.14. The summed E-state index contributed by atoms with van der Waals surface area (Å²) in [6, 6.07) is 10.4. The summed E-state index contributed by atoms with van der Waals surface area (Å²) in [6.45, 7) is 2.44. The van der Waals surface area contributed by atoms with Gasteiger partial charge in [0.25, 0.3) is 5.69 Å². The maximum absolute atomic E-state index is 11.3. The number of hydrazone groups is 1. The van der Waals surface area contributed by atoms with Gasteiger partial charge in [0.2, 0.25) is 10.0 Å². The van der Waals surface area contributed by atoms with E-state index in [9.17, 15) is 18.5 Å². The fourth-order valence-electron chi connectivity index (χ4n) is 1.93. The summed E-state index contributed by atoms with van der Waals surface area (Å²) in [5, 5.41) is 20.0. The molecule has 0 atom stereocenters. The van der Waals surface area contributed by atoms with Crippen molar-refractivity contribution < 1.29 is 18.1 Å². The number of anilines is 1. The highest BCUT2D eigenvalue weighted by atomic mass is 32.2. The number of benzene rings is 2. The van der Waals surface area contributed by atoms with Gasteiger partial charge in [-0.1, -0.05) is 0 Å². The molecule has 0 aliphatic rings. The molecule has 0 saturated carbocycles. The molecule has 0 radical (unpaired) electrons. The van der Waals surface area contributed by atoms with Crippen molar-refractivity contribution in [2.24, 2.45) is 10.2 Å². The highest BCUT2D eigenvalue weighted by Crippen LogP contribution is 2.27. The van der Waals surface area contributed by atoms with E-state index in [-0.39, 0.29) is 10.6 Å². The van der Waals surface area contributed by atoms with Crippen LogP contribution in [0.1, 0.15) is 12.5 Å². The standard InChI is InChI=1S/C15H16N4O5S/c1-2-24-12-5-3-11(4-6-12)10-17-18-14-8-7-13(25(16,22)23)9-15(14)19(20)21/h3-10,18H,2H2,1H3,(H2,16,22,23)/b17-10-. The molecule has 0 aromatic heterocycles. The molecule has 132 valence electrons. The van der Waals surface area contributed by atoms with Crippen LogP contribution in [0.3, 0.4) is 0 Å². The van der Waals surface area contributed by atoms with E-state index in [2.05, 4.69) is 10.5 Å². The fourth-order valence-corrected chi connectivity index (χ4v) is 2.46. The van der Waals surface area contributed by atoms with Gasteiger partial charge < -0.3 is 4.74 Å². The maximum Gasteiger partial charge on any atom is 0.295 e. The molecule has 0 spiro atoms. The molecule has 0 unspecified atom stereocenters. The fraction of sp³-hybridized carbons (Fsp3) is 0.133. The van der Waals surface area contributed by atoms with Gasteiger partial charge in [-0.3, -0.25) is 15.5 Å². The zero-order valence-corrected chi connectivity index (χ0v) is 14.1. The first-order chi connectivity index (χ1) is 11.8. The van der Waals surface area contributed by atoms with Gasteiger partial charge in [-0.15, -0.1) is 0 Å². The van der Waals surface area contributed by atoms with Crippen molar-refractivity contribution in [3.05, 3.63) is 58.1 Å². The molecule has 0 amide bonds. The molecular formula is C15H16N4O5S. The normalized spacial score (nSPS) is 11.4. The molecule has 2 aromatic carbocycles. The van der Waals surface area contributed by atoms with Gasteiger partial charge in [0.1, 0.15) is 11.4 Å². The lowest BCUT2D eigenvalue weighted by molar-refractivity contribution is -0.384. The molecule has 25 heavy (non-hydrogen) atoms. The van der Waals surface area contributed by atoms with Crippen LogP contribution in [0.5, 0.6) is 5.75 Å². The number of nitro groups is 1. The molecular weight excluding hydrogens is 348 g/mol. The van der Waals surface area contributed by atoms with Crippen LogP contribution in [0.4, 0.5) is 11.4 Å². The van der Waals surface area contributed by atoms with Gasteiger partial charge in [0.15, 0.2) is 0 Å². The lowest BCUT2D eigenvalue weighted by Crippen LogP contribution is -2.12. The second-order valence-electron chi connectivity index (χ2n) is 4.85. The second-order valence-corrected chi connectivity index (χ2v) is 6.41. The molecule has 10 heteroatoms. The Hall–Kier alpha value is -2.98. The summed E-state index contributed by atoms with van der Waals surface area (Å²) in [7, 11) is -4.03. The number of rotatable bonds is 7. The number of nitro benzene ring substituents is 1. The molecule has 0 bridgehead atoms. The van der Waals surface area contributed by atoms with E-state index in [1.54, 1.807) is 24.3 Å². The predicted octanol–water partition coefficient (Wildman–Crippen LogP) is 2.09. The minimum atomic E-state index is -4.03. The van der Waals surface area contributed by atoms with Crippen LogP contribution in [-0.2, 0) is 10.0 Å². The van der Waals surface area contributed by atoms with Crippen LogP contribution < -0.4 is 15.3 Å². The summed E-state index contributed by atoms with van der Waals surface area (Å²) in [4.78, 5) is 10.0.